The number of phenolic OH excluding ortho intramolecular Hbond substituents is 1. The summed E-state index contributed by atoms with van der Waals surface area (Å²) in [7, 11) is 3.39. The molecule has 1 aromatic carbocycles. The molecule has 16 heteroatoms. The first-order valence-corrected chi connectivity index (χ1v) is 19.7. The van der Waals surface area contributed by atoms with Gasteiger partial charge in [0.15, 0.2) is 5.78 Å². The maximum absolute atomic E-state index is 14.6. The van der Waals surface area contributed by atoms with Crippen LogP contribution in [0, 0.1) is 30.6 Å². The number of methoxy groups -OCH3 is 1. The molecule has 59 heavy (non-hydrogen) atoms. The Bertz CT molecular complexity index is 2030. The molecule has 0 spiro atoms. The molecule has 0 saturated carbocycles. The van der Waals surface area contributed by atoms with Crippen LogP contribution in [0.3, 0.4) is 0 Å². The van der Waals surface area contributed by atoms with E-state index in [1.165, 1.54) is 59.4 Å². The lowest BCUT2D eigenvalue weighted by atomic mass is 9.78. The van der Waals surface area contributed by atoms with Gasteiger partial charge in [0.2, 0.25) is 5.78 Å². The molecule has 16 nitrogen and oxygen atoms in total. The number of hydrazone groups is 1. The highest BCUT2D eigenvalue weighted by atomic mass is 16.7. The van der Waals surface area contributed by atoms with Crippen molar-refractivity contribution in [2.75, 3.05) is 40.3 Å². The van der Waals surface area contributed by atoms with E-state index < -0.39 is 106 Å². The lowest BCUT2D eigenvalue weighted by molar-refractivity contribution is -0.160. The molecule has 1 fully saturated rings. The number of Topliss-reactive ketones (excluding diaryl/α,β-unsaturated/α-hetero) is 3. The average Bonchev–Trinajstić information content (AvgIpc) is 3.46. The Hall–Kier alpha value is -5.16. The van der Waals surface area contributed by atoms with Crippen LogP contribution >= 0.6 is 0 Å². The maximum Gasteiger partial charge on any atom is 0.312 e. The van der Waals surface area contributed by atoms with Crippen LogP contribution in [0.2, 0.25) is 0 Å². The van der Waals surface area contributed by atoms with Gasteiger partial charge in [0.05, 0.1) is 53.1 Å². The van der Waals surface area contributed by atoms with Gasteiger partial charge >= 0.3 is 11.8 Å². The van der Waals surface area contributed by atoms with E-state index in [0.29, 0.717) is 26.2 Å². The van der Waals surface area contributed by atoms with E-state index in [0.717, 1.165) is 0 Å². The molecule has 1 aliphatic carbocycles. The number of allylic oxidation sites excluding steroid dienone is 4. The number of aliphatic hydroxyl groups is 2. The number of phenols is 1. The second-order valence-corrected chi connectivity index (χ2v) is 16.1. The van der Waals surface area contributed by atoms with Crippen LogP contribution in [0.15, 0.2) is 52.5 Å². The van der Waals surface area contributed by atoms with Gasteiger partial charge in [-0.2, -0.15) is 5.10 Å². The van der Waals surface area contributed by atoms with Gasteiger partial charge in [0, 0.05) is 81.9 Å². The van der Waals surface area contributed by atoms with Crippen molar-refractivity contribution in [3.8, 4) is 11.5 Å². The molecule has 1 amide bonds. The highest BCUT2D eigenvalue weighted by Crippen LogP contribution is 2.48. The molecule has 4 heterocycles. The number of ether oxygens (including phenoxy) is 4. The third kappa shape index (κ3) is 8.91. The summed E-state index contributed by atoms with van der Waals surface area (Å²) in [6, 6.07) is 0. The first kappa shape index (κ1) is 44.9. The van der Waals surface area contributed by atoms with Crippen molar-refractivity contribution < 1.29 is 58.2 Å². The molecule has 4 aliphatic heterocycles. The Morgan fingerprint density at radius 1 is 0.949 bits per heavy atom. The zero-order chi connectivity index (χ0) is 43.7. The van der Waals surface area contributed by atoms with E-state index in [9.17, 15) is 39.3 Å². The zero-order valence-electron chi connectivity index (χ0n) is 35.3. The van der Waals surface area contributed by atoms with Crippen molar-refractivity contribution in [2.24, 2.45) is 28.8 Å². The van der Waals surface area contributed by atoms with Crippen molar-refractivity contribution >= 4 is 35.4 Å². The number of aromatic hydroxyl groups is 1. The van der Waals surface area contributed by atoms with E-state index in [4.69, 9.17) is 18.9 Å². The Labute approximate surface area is 344 Å². The Morgan fingerprint density at radius 2 is 1.61 bits per heavy atom. The van der Waals surface area contributed by atoms with Crippen molar-refractivity contribution in [1.29, 1.82) is 0 Å². The number of amides is 1. The number of carbonyl (C=O) groups is 5. The van der Waals surface area contributed by atoms with Gasteiger partial charge in [-0.3, -0.25) is 29.0 Å². The monoisotopic (exact) mass is 820 g/mol. The van der Waals surface area contributed by atoms with Crippen LogP contribution in [-0.4, -0.2) is 131 Å². The standard InChI is InChI=1S/C43H56N4O12/c1-21-12-11-13-22(2)42(55)45-33-28(20-44-47-17-15-46(9)16-18-47)37(52)30-31(38(33)53)36(51)26(6)40-32(30)41(54)43(8,59-40)57-19-14-29(56-10)23(3)39(58-27(7)48)25(5)35(50)24(4)34(21)49/h11-14,19-21,23-25,29,34-35,39,49-51H,15-18H2,1-10H3,(H,45,55)/b12-11+,19-14+,22-13-,44-20+/t21-,23+,24+,25+,29-,34-,35+,39+,43-/m0/s1. The van der Waals surface area contributed by atoms with Crippen LogP contribution in [0.1, 0.15) is 85.1 Å². The molecule has 6 rings (SSSR count). The summed E-state index contributed by atoms with van der Waals surface area (Å²) < 4.78 is 23.5. The summed E-state index contributed by atoms with van der Waals surface area (Å²) in [5.41, 5.74) is -1.82. The number of piperazine rings is 1. The van der Waals surface area contributed by atoms with Crippen LogP contribution in [-0.2, 0) is 23.8 Å². The fraction of sp³-hybridized carbons (Fsp3) is 0.535. The number of esters is 1. The Morgan fingerprint density at radius 3 is 2.24 bits per heavy atom. The first-order chi connectivity index (χ1) is 27.7. The summed E-state index contributed by atoms with van der Waals surface area (Å²) in [5.74, 6) is -9.34. The Kier molecular flexibility index (Phi) is 13.7. The number of hydrogen-bond donors (Lipinski definition) is 4. The minimum atomic E-state index is -2.09. The van der Waals surface area contributed by atoms with Gasteiger partial charge in [-0.1, -0.05) is 45.9 Å². The predicted molar refractivity (Wildman–Crippen MR) is 216 cm³/mol. The molecule has 5 bridgehead atoms. The SMILES string of the molecule is CO[C@H]1/C=C/O[C@@]2(C)Oc3c(C)c(O)c4c(c3C2=O)C(=O)C(/C=N/N2CCN(C)CC2)=C(NC(=O)/C(C)=C\C=C\[C@H](C)[C@H](O)[C@@H](C)[C@@H](O)[C@@H](C)[C@H](OC(C)=O)[C@@H]1C)C4=O. The fourth-order valence-electron chi connectivity index (χ4n) is 7.89. The molecule has 5 aliphatic rings. The molecule has 1 aromatic rings. The Balaban J connectivity index is 1.66. The number of fused-ring (bicyclic) bond motifs is 14. The van der Waals surface area contributed by atoms with Gasteiger partial charge in [-0.15, -0.1) is 0 Å². The summed E-state index contributed by atoms with van der Waals surface area (Å²) >= 11 is 0. The number of likely N-dealkylation sites (N-methyl/N-ethyl adjacent to an activating group) is 1. The first-order valence-electron chi connectivity index (χ1n) is 19.7. The minimum absolute atomic E-state index is 0.0118. The van der Waals surface area contributed by atoms with E-state index >= 15 is 0 Å². The van der Waals surface area contributed by atoms with Crippen molar-refractivity contribution in [2.45, 2.75) is 85.6 Å². The maximum atomic E-state index is 14.6. The molecule has 0 aromatic heterocycles. The second-order valence-electron chi connectivity index (χ2n) is 16.1. The zero-order valence-corrected chi connectivity index (χ0v) is 35.3. The summed E-state index contributed by atoms with van der Waals surface area (Å²) in [5, 5.41) is 43.1. The topological polar surface area (TPSA) is 214 Å². The number of benzene rings is 1. The van der Waals surface area contributed by atoms with E-state index in [-0.39, 0.29) is 28.0 Å². The molecule has 4 N–H and O–H groups in total. The second kappa shape index (κ2) is 18.0. The highest BCUT2D eigenvalue weighted by Gasteiger charge is 2.52. The number of nitrogens with one attached hydrogen (secondary N) is 1. The van der Waals surface area contributed by atoms with Crippen LogP contribution in [0.4, 0.5) is 0 Å². The summed E-state index contributed by atoms with van der Waals surface area (Å²) in [6.45, 7) is 14.8. The number of carbonyl (C=O) groups excluding carboxylic acids is 5. The summed E-state index contributed by atoms with van der Waals surface area (Å²) in [6.07, 6.45) is 4.56. The lowest BCUT2D eigenvalue weighted by Gasteiger charge is -2.38. The normalized spacial score (nSPS) is 33.3. The smallest absolute Gasteiger partial charge is 0.312 e. The average molecular weight is 821 g/mol. The highest BCUT2D eigenvalue weighted by molar-refractivity contribution is 6.37. The van der Waals surface area contributed by atoms with Crippen molar-refractivity contribution in [3.63, 3.8) is 0 Å². The van der Waals surface area contributed by atoms with Gasteiger partial charge in [0.1, 0.15) is 23.3 Å². The fourth-order valence-corrected chi connectivity index (χ4v) is 7.89. The number of nitrogens with zero attached hydrogens (tertiary/aromatic N) is 3. The largest absolute Gasteiger partial charge is 0.507 e. The van der Waals surface area contributed by atoms with Gasteiger partial charge in [-0.25, -0.2) is 0 Å². The number of ketones is 3. The lowest BCUT2D eigenvalue weighted by Crippen LogP contribution is -2.46. The molecule has 320 valence electrons. The molecule has 0 radical (unpaired) electrons. The van der Waals surface area contributed by atoms with E-state index in [1.54, 1.807) is 44.9 Å². The molecular weight excluding hydrogens is 764 g/mol. The van der Waals surface area contributed by atoms with E-state index in [1.807, 2.05) is 7.05 Å². The van der Waals surface area contributed by atoms with Crippen LogP contribution in [0.5, 0.6) is 11.5 Å². The van der Waals surface area contributed by atoms with Gasteiger partial charge < -0.3 is 44.5 Å². The summed E-state index contributed by atoms with van der Waals surface area (Å²) in [4.78, 5) is 71.6. The molecule has 1 saturated heterocycles. The van der Waals surface area contributed by atoms with Gasteiger partial charge in [0.25, 0.3) is 11.7 Å². The van der Waals surface area contributed by atoms with Crippen LogP contribution < -0.4 is 10.1 Å². The molecule has 0 unspecified atom stereocenters. The predicted octanol–water partition coefficient (Wildman–Crippen LogP) is 3.23. The molecule has 9 atom stereocenters. The quantitative estimate of drug-likeness (QED) is 0.254. The minimum Gasteiger partial charge on any atom is -0.507 e. The number of aliphatic hydroxyl groups excluding tert-OH is 2. The van der Waals surface area contributed by atoms with Crippen molar-refractivity contribution in [3.05, 3.63) is 69.7 Å². The number of hydrogen-bond acceptors (Lipinski definition) is 15. The van der Waals surface area contributed by atoms with Gasteiger partial charge in [-0.05, 0) is 27.0 Å². The molecular formula is C43H56N4O12. The van der Waals surface area contributed by atoms with E-state index in [2.05, 4.69) is 15.3 Å². The van der Waals surface area contributed by atoms with Crippen molar-refractivity contribution in [1.82, 2.24) is 15.2 Å². The number of rotatable bonds is 4. The van der Waals surface area contributed by atoms with Crippen LogP contribution in [0.25, 0.3) is 0 Å². The third-order valence-electron chi connectivity index (χ3n) is 11.8. The third-order valence-corrected chi connectivity index (χ3v) is 11.8.